The molecular weight excluding hydrogens is 452 g/mol. The van der Waals surface area contributed by atoms with Gasteiger partial charge < -0.3 is 19.5 Å². The fourth-order valence-corrected chi connectivity index (χ4v) is 4.83. The summed E-state index contributed by atoms with van der Waals surface area (Å²) in [6, 6.07) is 25.7. The summed E-state index contributed by atoms with van der Waals surface area (Å²) in [5.41, 5.74) is 3.98. The van der Waals surface area contributed by atoms with Crippen LogP contribution in [0.15, 0.2) is 91.3 Å². The quantitative estimate of drug-likeness (QED) is 0.342. The lowest BCUT2D eigenvalue weighted by molar-refractivity contribution is 0.340. The number of nitrogens with zero attached hydrogens (tertiary/aromatic N) is 3. The highest BCUT2D eigenvalue weighted by atomic mass is 35.5. The molecule has 5 nitrogen and oxygen atoms in total. The van der Waals surface area contributed by atoms with E-state index in [0.29, 0.717) is 16.7 Å². The van der Waals surface area contributed by atoms with Crippen molar-refractivity contribution in [1.29, 1.82) is 0 Å². The topological polar surface area (TPSA) is 42.3 Å². The minimum atomic E-state index is -0.127. The van der Waals surface area contributed by atoms with Crippen molar-refractivity contribution in [2.75, 3.05) is 11.5 Å². The van der Waals surface area contributed by atoms with Crippen molar-refractivity contribution in [3.63, 3.8) is 0 Å². The molecule has 5 rings (SSSR count). The van der Waals surface area contributed by atoms with E-state index in [4.69, 9.17) is 28.6 Å². The van der Waals surface area contributed by atoms with Gasteiger partial charge >= 0.3 is 0 Å². The molecule has 0 radical (unpaired) electrons. The Morgan fingerprint density at radius 2 is 1.85 bits per heavy atom. The molecule has 1 fully saturated rings. The van der Waals surface area contributed by atoms with Gasteiger partial charge in [0.15, 0.2) is 5.11 Å². The molecule has 33 heavy (non-hydrogen) atoms. The van der Waals surface area contributed by atoms with Crippen LogP contribution in [0.3, 0.4) is 0 Å². The molecule has 1 saturated heterocycles. The van der Waals surface area contributed by atoms with E-state index in [1.165, 1.54) is 0 Å². The molecule has 0 unspecified atom stereocenters. The number of hydrogen-bond donors (Lipinski definition) is 1. The number of ether oxygens (including phenoxy) is 1. The summed E-state index contributed by atoms with van der Waals surface area (Å²) in [5.74, 6) is 0.833. The van der Waals surface area contributed by atoms with E-state index in [2.05, 4.69) is 25.8 Å². The molecule has 166 valence electrons. The maximum Gasteiger partial charge on any atom is 0.174 e. The molecule has 2 aromatic carbocycles. The first-order valence-electron chi connectivity index (χ1n) is 10.8. The Balaban J connectivity index is 1.63. The number of nitrogens with one attached hydrogen (secondary N) is 1. The second-order valence-electron chi connectivity index (χ2n) is 7.71. The van der Waals surface area contributed by atoms with Gasteiger partial charge in [-0.25, -0.2) is 0 Å². The molecule has 7 heteroatoms. The zero-order valence-electron chi connectivity index (χ0n) is 18.1. The second kappa shape index (κ2) is 9.25. The number of rotatable bonds is 6. The van der Waals surface area contributed by atoms with E-state index in [1.54, 1.807) is 0 Å². The van der Waals surface area contributed by atoms with Gasteiger partial charge in [-0.05, 0) is 85.9 Å². The third-order valence-electron chi connectivity index (χ3n) is 5.69. The number of aromatic nitrogens is 2. The van der Waals surface area contributed by atoms with Crippen LogP contribution in [-0.2, 0) is 0 Å². The Morgan fingerprint density at radius 3 is 2.58 bits per heavy atom. The average molecular weight is 475 g/mol. The van der Waals surface area contributed by atoms with Crippen LogP contribution in [0, 0.1) is 0 Å². The Bertz CT molecular complexity index is 1260. The van der Waals surface area contributed by atoms with Gasteiger partial charge in [0.2, 0.25) is 0 Å². The molecule has 2 aromatic heterocycles. The highest BCUT2D eigenvalue weighted by molar-refractivity contribution is 7.80. The zero-order chi connectivity index (χ0) is 22.8. The lowest BCUT2D eigenvalue weighted by atomic mass is 10.0. The summed E-state index contributed by atoms with van der Waals surface area (Å²) in [5, 5.41) is 4.85. The largest absolute Gasteiger partial charge is 0.494 e. The molecule has 1 aliphatic heterocycles. The molecule has 2 atom stereocenters. The van der Waals surface area contributed by atoms with Gasteiger partial charge in [0, 0.05) is 34.5 Å². The van der Waals surface area contributed by atoms with Gasteiger partial charge in [0.25, 0.3) is 0 Å². The van der Waals surface area contributed by atoms with Crippen molar-refractivity contribution >= 4 is 34.6 Å². The molecule has 4 aromatic rings. The van der Waals surface area contributed by atoms with E-state index in [0.717, 1.165) is 28.5 Å². The minimum absolute atomic E-state index is 0.126. The standard InChI is InChI=1S/C26H23ClN4OS/c1-2-32-21-13-11-19(12-14-21)31-25(24(29-26(31)33)22-9-3-4-15-28-22)23-10-6-16-30(23)20-8-5-7-18(27)17-20/h3-17,24-25H,2H2,1H3,(H,29,33)/t24-,25+/m1/s1. The van der Waals surface area contributed by atoms with Gasteiger partial charge in [-0.2, -0.15) is 0 Å². The molecule has 3 heterocycles. The Kier molecular flexibility index (Phi) is 6.03. The van der Waals surface area contributed by atoms with Crippen LogP contribution in [0.25, 0.3) is 5.69 Å². The summed E-state index contributed by atoms with van der Waals surface area (Å²) in [6.45, 7) is 2.60. The summed E-state index contributed by atoms with van der Waals surface area (Å²) in [6.07, 6.45) is 3.86. The predicted molar refractivity (Wildman–Crippen MR) is 136 cm³/mol. The molecule has 1 N–H and O–H groups in total. The Morgan fingerprint density at radius 1 is 1.00 bits per heavy atom. The number of hydrogen-bond acceptors (Lipinski definition) is 3. The van der Waals surface area contributed by atoms with E-state index >= 15 is 0 Å². The monoisotopic (exact) mass is 474 g/mol. The highest BCUT2D eigenvalue weighted by Gasteiger charge is 2.42. The predicted octanol–water partition coefficient (Wildman–Crippen LogP) is 6.10. The van der Waals surface area contributed by atoms with Crippen LogP contribution in [0.2, 0.25) is 5.02 Å². The lowest BCUT2D eigenvalue weighted by Gasteiger charge is -2.29. The zero-order valence-corrected chi connectivity index (χ0v) is 19.6. The van der Waals surface area contributed by atoms with Gasteiger partial charge in [0.1, 0.15) is 11.8 Å². The molecule has 0 bridgehead atoms. The Hall–Kier alpha value is -3.35. The van der Waals surface area contributed by atoms with Crippen molar-refractivity contribution in [1.82, 2.24) is 14.9 Å². The first-order valence-corrected chi connectivity index (χ1v) is 11.6. The van der Waals surface area contributed by atoms with Gasteiger partial charge in [-0.15, -0.1) is 0 Å². The van der Waals surface area contributed by atoms with Crippen molar-refractivity contribution < 1.29 is 4.74 Å². The smallest absolute Gasteiger partial charge is 0.174 e. The first-order chi connectivity index (χ1) is 16.2. The van der Waals surface area contributed by atoms with Crippen molar-refractivity contribution in [2.45, 2.75) is 19.0 Å². The summed E-state index contributed by atoms with van der Waals surface area (Å²) in [7, 11) is 0. The highest BCUT2D eigenvalue weighted by Crippen LogP contribution is 2.42. The van der Waals surface area contributed by atoms with Gasteiger partial charge in [-0.1, -0.05) is 23.7 Å². The molecule has 0 aliphatic carbocycles. The molecule has 1 aliphatic rings. The van der Waals surface area contributed by atoms with Crippen LogP contribution in [-0.4, -0.2) is 21.3 Å². The maximum absolute atomic E-state index is 6.31. The molecule has 0 spiro atoms. The van der Waals surface area contributed by atoms with Crippen molar-refractivity contribution in [2.24, 2.45) is 0 Å². The summed E-state index contributed by atoms with van der Waals surface area (Å²) >= 11 is 12.1. The van der Waals surface area contributed by atoms with Crippen LogP contribution >= 0.6 is 23.8 Å². The first kappa shape index (κ1) is 21.5. The number of pyridine rings is 1. The summed E-state index contributed by atoms with van der Waals surface area (Å²) < 4.78 is 7.79. The fraction of sp³-hybridized carbons (Fsp3) is 0.154. The van der Waals surface area contributed by atoms with E-state index in [9.17, 15) is 0 Å². The lowest BCUT2D eigenvalue weighted by Crippen LogP contribution is -2.30. The van der Waals surface area contributed by atoms with Crippen molar-refractivity contribution in [3.05, 3.63) is 108 Å². The van der Waals surface area contributed by atoms with Crippen LogP contribution in [0.1, 0.15) is 30.4 Å². The molecular formula is C26H23ClN4OS. The number of anilines is 1. The summed E-state index contributed by atoms with van der Waals surface area (Å²) in [4.78, 5) is 6.79. The second-order valence-corrected chi connectivity index (χ2v) is 8.53. The van der Waals surface area contributed by atoms with Crippen LogP contribution < -0.4 is 15.0 Å². The van der Waals surface area contributed by atoms with Crippen LogP contribution in [0.4, 0.5) is 5.69 Å². The van der Waals surface area contributed by atoms with Crippen molar-refractivity contribution in [3.8, 4) is 11.4 Å². The van der Waals surface area contributed by atoms with Gasteiger partial charge in [-0.3, -0.25) is 4.98 Å². The third-order valence-corrected chi connectivity index (χ3v) is 6.24. The van der Waals surface area contributed by atoms with Gasteiger partial charge in [0.05, 0.1) is 18.3 Å². The fourth-order valence-electron chi connectivity index (χ4n) is 4.30. The Labute approximate surface area is 203 Å². The normalized spacial score (nSPS) is 17.8. The third kappa shape index (κ3) is 4.19. The van der Waals surface area contributed by atoms with E-state index in [1.807, 2.05) is 92.1 Å². The SMILES string of the molecule is CCOc1ccc(N2C(=S)N[C@H](c3ccccn3)[C@@H]2c2cccn2-c2cccc(Cl)c2)cc1. The molecule has 0 saturated carbocycles. The minimum Gasteiger partial charge on any atom is -0.494 e. The average Bonchev–Trinajstić information content (AvgIpc) is 3.45. The number of thiocarbonyl (C=S) groups is 1. The van der Waals surface area contributed by atoms with E-state index in [-0.39, 0.29) is 12.1 Å². The maximum atomic E-state index is 6.31. The molecule has 0 amide bonds. The number of benzene rings is 2. The number of halogens is 1. The van der Waals surface area contributed by atoms with E-state index < -0.39 is 0 Å². The van der Waals surface area contributed by atoms with Crippen LogP contribution in [0.5, 0.6) is 5.75 Å².